The molecule has 2 rings (SSSR count). The Morgan fingerprint density at radius 3 is 2.75 bits per heavy atom. The lowest BCUT2D eigenvalue weighted by molar-refractivity contribution is 0.0954. The fourth-order valence-corrected chi connectivity index (χ4v) is 1.89. The van der Waals surface area contributed by atoms with E-state index in [0.29, 0.717) is 17.0 Å². The van der Waals surface area contributed by atoms with Crippen molar-refractivity contribution in [1.82, 2.24) is 10.4 Å². The molecular formula is C15H14ClN3O. The fourth-order valence-electron chi connectivity index (χ4n) is 1.70. The lowest BCUT2D eigenvalue weighted by Crippen LogP contribution is -2.20. The first-order valence-electron chi connectivity index (χ1n) is 6.23. The quantitative estimate of drug-likeness (QED) is 0.693. The number of halogens is 1. The van der Waals surface area contributed by atoms with Crippen LogP contribution >= 0.6 is 11.6 Å². The average molecular weight is 288 g/mol. The topological polar surface area (TPSA) is 54.4 Å². The molecule has 0 aliphatic carbocycles. The first-order valence-corrected chi connectivity index (χ1v) is 6.61. The van der Waals surface area contributed by atoms with Crippen molar-refractivity contribution in [2.24, 2.45) is 5.10 Å². The summed E-state index contributed by atoms with van der Waals surface area (Å²) in [7, 11) is 0. The number of amides is 1. The summed E-state index contributed by atoms with van der Waals surface area (Å²) in [5, 5.41) is 4.80. The molecule has 0 spiro atoms. The van der Waals surface area contributed by atoms with Crippen LogP contribution in [0.4, 0.5) is 0 Å². The molecule has 0 atom stereocenters. The molecule has 0 aliphatic rings. The number of hydrogen-bond acceptors (Lipinski definition) is 3. The highest BCUT2D eigenvalue weighted by Gasteiger charge is 2.06. The Kier molecular flexibility index (Phi) is 4.85. The summed E-state index contributed by atoms with van der Waals surface area (Å²) in [6.45, 7) is 1.97. The van der Waals surface area contributed by atoms with Gasteiger partial charge in [-0.2, -0.15) is 5.10 Å². The molecule has 0 bridgehead atoms. The van der Waals surface area contributed by atoms with Crippen LogP contribution < -0.4 is 5.43 Å². The molecule has 0 unspecified atom stereocenters. The summed E-state index contributed by atoms with van der Waals surface area (Å²) in [6.07, 6.45) is 3.80. The van der Waals surface area contributed by atoms with Gasteiger partial charge in [-0.25, -0.2) is 5.43 Å². The maximum Gasteiger partial charge on any atom is 0.272 e. The maximum absolute atomic E-state index is 11.9. The van der Waals surface area contributed by atoms with Crippen molar-refractivity contribution < 1.29 is 4.79 Å². The van der Waals surface area contributed by atoms with E-state index in [4.69, 9.17) is 11.6 Å². The van der Waals surface area contributed by atoms with Gasteiger partial charge in [0.25, 0.3) is 5.91 Å². The van der Waals surface area contributed by atoms with Gasteiger partial charge in [0.2, 0.25) is 0 Å². The Hall–Kier alpha value is -2.20. The van der Waals surface area contributed by atoms with E-state index in [1.54, 1.807) is 24.4 Å². The Bertz CT molecular complexity index is 626. The molecule has 1 N–H and O–H groups in total. The molecule has 102 valence electrons. The van der Waals surface area contributed by atoms with Crippen LogP contribution in [0.25, 0.3) is 0 Å². The minimum Gasteiger partial charge on any atom is -0.267 e. The van der Waals surface area contributed by atoms with Crippen molar-refractivity contribution in [1.29, 1.82) is 0 Å². The first-order chi connectivity index (χ1) is 9.70. The second-order valence-corrected chi connectivity index (χ2v) is 4.54. The third-order valence-electron chi connectivity index (χ3n) is 2.71. The first kappa shape index (κ1) is 14.2. The second-order valence-electron chi connectivity index (χ2n) is 4.11. The number of carbonyl (C=O) groups is 1. The number of carbonyl (C=O) groups excluding carboxylic acids is 1. The number of hydrazone groups is 1. The smallest absolute Gasteiger partial charge is 0.267 e. The van der Waals surface area contributed by atoms with Gasteiger partial charge in [-0.05, 0) is 36.2 Å². The van der Waals surface area contributed by atoms with Crippen molar-refractivity contribution in [3.05, 3.63) is 64.9 Å². The number of aromatic nitrogens is 1. The van der Waals surface area contributed by atoms with E-state index in [1.807, 2.05) is 25.1 Å². The van der Waals surface area contributed by atoms with E-state index in [1.165, 1.54) is 6.20 Å². The summed E-state index contributed by atoms with van der Waals surface area (Å²) in [5.41, 5.74) is 4.67. The van der Waals surface area contributed by atoms with Gasteiger partial charge < -0.3 is 0 Å². The van der Waals surface area contributed by atoms with Gasteiger partial charge in [0, 0.05) is 17.4 Å². The zero-order chi connectivity index (χ0) is 14.4. The van der Waals surface area contributed by atoms with Gasteiger partial charge in [-0.15, -0.1) is 0 Å². The minimum atomic E-state index is -0.286. The van der Waals surface area contributed by atoms with Crippen LogP contribution in [-0.2, 0) is 0 Å². The van der Waals surface area contributed by atoms with Crippen LogP contribution in [0, 0.1) is 0 Å². The molecule has 2 aromatic rings. The average Bonchev–Trinajstić information content (AvgIpc) is 2.48. The number of pyridine rings is 1. The molecule has 0 aliphatic heterocycles. The third-order valence-corrected chi connectivity index (χ3v) is 2.94. The molecule has 5 heteroatoms. The highest BCUT2D eigenvalue weighted by Crippen LogP contribution is 2.12. The van der Waals surface area contributed by atoms with Crippen LogP contribution in [0.5, 0.6) is 0 Å². The van der Waals surface area contributed by atoms with Gasteiger partial charge in [0.1, 0.15) is 0 Å². The predicted octanol–water partition coefficient (Wildman–Crippen LogP) is 3.28. The molecule has 1 aromatic carbocycles. The van der Waals surface area contributed by atoms with E-state index < -0.39 is 0 Å². The number of benzene rings is 1. The third kappa shape index (κ3) is 3.65. The molecule has 4 nitrogen and oxygen atoms in total. The van der Waals surface area contributed by atoms with Gasteiger partial charge in [0.15, 0.2) is 0 Å². The summed E-state index contributed by atoms with van der Waals surface area (Å²) in [4.78, 5) is 15.8. The van der Waals surface area contributed by atoms with Crippen molar-refractivity contribution in [2.45, 2.75) is 13.3 Å². The van der Waals surface area contributed by atoms with Crippen molar-refractivity contribution in [3.8, 4) is 0 Å². The highest BCUT2D eigenvalue weighted by atomic mass is 35.5. The summed E-state index contributed by atoms with van der Waals surface area (Å²) >= 11 is 5.95. The van der Waals surface area contributed by atoms with Gasteiger partial charge in [0.05, 0.1) is 11.3 Å². The standard InChI is InChI=1S/C15H14ClN3O/c1-2-14(11-5-3-7-13(16)9-11)18-19-15(20)12-6-4-8-17-10-12/h3-10H,2H2,1H3,(H,19,20)/b18-14-. The minimum absolute atomic E-state index is 0.286. The van der Waals surface area contributed by atoms with Crippen molar-refractivity contribution >= 4 is 23.2 Å². The van der Waals surface area contributed by atoms with Crippen LogP contribution in [0.2, 0.25) is 5.02 Å². The van der Waals surface area contributed by atoms with Gasteiger partial charge in [-0.1, -0.05) is 30.7 Å². The number of nitrogens with one attached hydrogen (secondary N) is 1. The Morgan fingerprint density at radius 2 is 2.10 bits per heavy atom. The van der Waals surface area contributed by atoms with Crippen molar-refractivity contribution in [3.63, 3.8) is 0 Å². The second kappa shape index (κ2) is 6.82. The summed E-state index contributed by atoms with van der Waals surface area (Å²) < 4.78 is 0. The largest absolute Gasteiger partial charge is 0.272 e. The van der Waals surface area contributed by atoms with Crippen LogP contribution in [0.15, 0.2) is 53.9 Å². The number of hydrogen-bond donors (Lipinski definition) is 1. The molecule has 0 saturated heterocycles. The maximum atomic E-state index is 11.9. The van der Waals surface area contributed by atoms with Crippen LogP contribution in [-0.4, -0.2) is 16.6 Å². The van der Waals surface area contributed by atoms with Crippen molar-refractivity contribution in [2.75, 3.05) is 0 Å². The lowest BCUT2D eigenvalue weighted by Gasteiger charge is -2.05. The molecule has 20 heavy (non-hydrogen) atoms. The zero-order valence-corrected chi connectivity index (χ0v) is 11.8. The van der Waals surface area contributed by atoms with E-state index >= 15 is 0 Å². The van der Waals surface area contributed by atoms with Crippen LogP contribution in [0.3, 0.4) is 0 Å². The summed E-state index contributed by atoms with van der Waals surface area (Å²) in [5.74, 6) is -0.286. The van der Waals surface area contributed by atoms with Crippen LogP contribution in [0.1, 0.15) is 29.3 Å². The van der Waals surface area contributed by atoms with Gasteiger partial charge in [-0.3, -0.25) is 9.78 Å². The molecule has 0 saturated carbocycles. The van der Waals surface area contributed by atoms with E-state index in [0.717, 1.165) is 11.3 Å². The molecular weight excluding hydrogens is 274 g/mol. The number of rotatable bonds is 4. The molecule has 1 heterocycles. The molecule has 1 aromatic heterocycles. The highest BCUT2D eigenvalue weighted by molar-refractivity contribution is 6.31. The monoisotopic (exact) mass is 287 g/mol. The zero-order valence-electron chi connectivity index (χ0n) is 11.0. The fraction of sp³-hybridized carbons (Fsp3) is 0.133. The predicted molar refractivity (Wildman–Crippen MR) is 80.0 cm³/mol. The van der Waals surface area contributed by atoms with E-state index in [9.17, 15) is 4.79 Å². The molecule has 0 radical (unpaired) electrons. The Balaban J connectivity index is 2.14. The van der Waals surface area contributed by atoms with Gasteiger partial charge >= 0.3 is 0 Å². The van der Waals surface area contributed by atoms with E-state index in [2.05, 4.69) is 15.5 Å². The summed E-state index contributed by atoms with van der Waals surface area (Å²) in [6, 6.07) is 10.8. The Morgan fingerprint density at radius 1 is 1.30 bits per heavy atom. The lowest BCUT2D eigenvalue weighted by atomic mass is 10.1. The van der Waals surface area contributed by atoms with E-state index in [-0.39, 0.29) is 5.91 Å². The SMILES string of the molecule is CC/C(=N/NC(=O)c1cccnc1)c1cccc(Cl)c1. The molecule has 0 fully saturated rings. The Labute approximate surface area is 122 Å². The molecule has 1 amide bonds. The number of nitrogens with zero attached hydrogens (tertiary/aromatic N) is 2. The normalized spacial score (nSPS) is 11.2.